The summed E-state index contributed by atoms with van der Waals surface area (Å²) in [5.41, 5.74) is 2.10. The van der Waals surface area contributed by atoms with E-state index >= 15 is 0 Å². The van der Waals surface area contributed by atoms with Crippen LogP contribution in [0, 0.1) is 12.7 Å². The Morgan fingerprint density at radius 2 is 1.64 bits per heavy atom. The number of hydrogen-bond donors (Lipinski definition) is 1. The van der Waals surface area contributed by atoms with Gasteiger partial charge in [-0.3, -0.25) is 9.03 Å². The molecule has 1 aliphatic rings. The van der Waals surface area contributed by atoms with Crippen molar-refractivity contribution in [3.63, 3.8) is 0 Å². The van der Waals surface area contributed by atoms with Gasteiger partial charge in [0, 0.05) is 6.54 Å². The van der Waals surface area contributed by atoms with Crippen molar-refractivity contribution in [1.82, 2.24) is 0 Å². The topological polar surface area (TPSA) is 92.8 Å². The predicted molar refractivity (Wildman–Crippen MR) is 124 cm³/mol. The second-order valence-electron chi connectivity index (χ2n) is 7.72. The molecule has 1 aliphatic heterocycles. The highest BCUT2D eigenvalue weighted by atomic mass is 32.2. The standard InChI is InChI=1S/C23H23FN2O5S2/c1-16-14-21(11-12-23(16)31-2)32(27,28)25-19-8-5-17-4-3-13-26(22(17)15-19)33(29,30)20-9-6-18(24)7-10-20/h5-12,14-15,25H,3-4,13H2,1-2H3. The minimum Gasteiger partial charge on any atom is -0.496 e. The van der Waals surface area contributed by atoms with Gasteiger partial charge in [-0.15, -0.1) is 0 Å². The quantitative estimate of drug-likeness (QED) is 0.562. The van der Waals surface area contributed by atoms with Crippen LogP contribution in [0.3, 0.4) is 0 Å². The molecule has 4 rings (SSSR count). The van der Waals surface area contributed by atoms with E-state index in [1.54, 1.807) is 25.1 Å². The van der Waals surface area contributed by atoms with E-state index in [1.807, 2.05) is 0 Å². The number of hydrogen-bond acceptors (Lipinski definition) is 5. The zero-order valence-corrected chi connectivity index (χ0v) is 19.7. The number of nitrogens with zero attached hydrogens (tertiary/aromatic N) is 1. The molecule has 1 heterocycles. The number of fused-ring (bicyclic) bond motifs is 1. The van der Waals surface area contributed by atoms with Crippen LogP contribution in [0.25, 0.3) is 0 Å². The van der Waals surface area contributed by atoms with Crippen molar-refractivity contribution in [1.29, 1.82) is 0 Å². The first-order valence-electron chi connectivity index (χ1n) is 10.2. The molecule has 7 nitrogen and oxygen atoms in total. The molecule has 1 N–H and O–H groups in total. The van der Waals surface area contributed by atoms with Crippen molar-refractivity contribution < 1.29 is 26.0 Å². The molecule has 0 amide bonds. The van der Waals surface area contributed by atoms with Crippen LogP contribution in [0.1, 0.15) is 17.5 Å². The van der Waals surface area contributed by atoms with Crippen molar-refractivity contribution in [2.75, 3.05) is 22.7 Å². The van der Waals surface area contributed by atoms with Crippen molar-refractivity contribution in [2.45, 2.75) is 29.6 Å². The van der Waals surface area contributed by atoms with Crippen molar-refractivity contribution in [2.24, 2.45) is 0 Å². The normalized spacial score (nSPS) is 14.0. The van der Waals surface area contributed by atoms with E-state index < -0.39 is 25.9 Å². The van der Waals surface area contributed by atoms with E-state index in [2.05, 4.69) is 4.72 Å². The summed E-state index contributed by atoms with van der Waals surface area (Å²) >= 11 is 0. The highest BCUT2D eigenvalue weighted by molar-refractivity contribution is 7.93. The molecular weight excluding hydrogens is 467 g/mol. The van der Waals surface area contributed by atoms with Gasteiger partial charge in [0.05, 0.1) is 28.3 Å². The number of halogens is 1. The van der Waals surface area contributed by atoms with E-state index in [-0.39, 0.29) is 22.0 Å². The van der Waals surface area contributed by atoms with Crippen molar-refractivity contribution in [3.8, 4) is 5.75 Å². The molecule has 33 heavy (non-hydrogen) atoms. The van der Waals surface area contributed by atoms with Crippen LogP contribution in [0.15, 0.2) is 70.5 Å². The van der Waals surface area contributed by atoms with Gasteiger partial charge in [-0.05, 0) is 85.5 Å². The molecule has 0 unspecified atom stereocenters. The Balaban J connectivity index is 1.68. The van der Waals surface area contributed by atoms with E-state index in [0.29, 0.717) is 29.8 Å². The molecule has 0 saturated heterocycles. The van der Waals surface area contributed by atoms with E-state index in [1.165, 1.54) is 41.7 Å². The summed E-state index contributed by atoms with van der Waals surface area (Å²) in [5.74, 6) is 0.0443. The third-order valence-electron chi connectivity index (χ3n) is 5.49. The zero-order chi connectivity index (χ0) is 23.8. The van der Waals surface area contributed by atoms with Crippen LogP contribution in [0.2, 0.25) is 0 Å². The fraction of sp³-hybridized carbons (Fsp3) is 0.217. The van der Waals surface area contributed by atoms with Crippen LogP contribution in [-0.2, 0) is 26.5 Å². The highest BCUT2D eigenvalue weighted by Gasteiger charge is 2.30. The Morgan fingerprint density at radius 1 is 0.939 bits per heavy atom. The van der Waals surface area contributed by atoms with Gasteiger partial charge in [0.25, 0.3) is 20.0 Å². The average Bonchev–Trinajstić information content (AvgIpc) is 2.78. The zero-order valence-electron chi connectivity index (χ0n) is 18.1. The summed E-state index contributed by atoms with van der Waals surface area (Å²) in [7, 11) is -6.35. The Hall–Kier alpha value is -3.11. The molecule has 0 fully saturated rings. The molecular formula is C23H23FN2O5S2. The first kappa shape index (κ1) is 23.1. The fourth-order valence-electron chi connectivity index (χ4n) is 3.82. The van der Waals surface area contributed by atoms with Gasteiger partial charge < -0.3 is 4.74 Å². The number of sulfonamides is 2. The molecule has 0 atom stereocenters. The van der Waals surface area contributed by atoms with Crippen LogP contribution < -0.4 is 13.8 Å². The molecule has 0 aromatic heterocycles. The Bertz CT molecular complexity index is 1410. The van der Waals surface area contributed by atoms with Gasteiger partial charge in [0.15, 0.2) is 0 Å². The number of rotatable bonds is 6. The Labute approximate surface area is 192 Å². The van der Waals surface area contributed by atoms with Crippen LogP contribution in [0.5, 0.6) is 5.75 Å². The number of aryl methyl sites for hydroxylation is 2. The molecule has 3 aromatic rings. The van der Waals surface area contributed by atoms with E-state index in [0.717, 1.165) is 17.7 Å². The largest absolute Gasteiger partial charge is 0.496 e. The monoisotopic (exact) mass is 490 g/mol. The molecule has 3 aromatic carbocycles. The maximum Gasteiger partial charge on any atom is 0.264 e. The lowest BCUT2D eigenvalue weighted by molar-refractivity contribution is 0.411. The summed E-state index contributed by atoms with van der Waals surface area (Å²) in [6, 6.07) is 14.0. The SMILES string of the molecule is COc1ccc(S(=O)(=O)Nc2ccc3c(c2)N(S(=O)(=O)c2ccc(F)cc2)CCC3)cc1C. The summed E-state index contributed by atoms with van der Waals surface area (Å²) in [5, 5.41) is 0. The molecule has 0 aliphatic carbocycles. The number of nitrogens with one attached hydrogen (secondary N) is 1. The molecule has 0 bridgehead atoms. The molecule has 174 valence electrons. The van der Waals surface area contributed by atoms with Crippen LogP contribution >= 0.6 is 0 Å². The number of methoxy groups -OCH3 is 1. The maximum absolute atomic E-state index is 13.3. The lowest BCUT2D eigenvalue weighted by Gasteiger charge is -2.31. The second kappa shape index (κ2) is 8.68. The first-order valence-corrected chi connectivity index (χ1v) is 13.1. The van der Waals surface area contributed by atoms with Crippen molar-refractivity contribution >= 4 is 31.4 Å². The second-order valence-corrected chi connectivity index (χ2v) is 11.3. The molecule has 0 saturated carbocycles. The number of anilines is 2. The van der Waals surface area contributed by atoms with E-state index in [4.69, 9.17) is 4.74 Å². The lowest BCUT2D eigenvalue weighted by Crippen LogP contribution is -2.35. The van der Waals surface area contributed by atoms with Gasteiger partial charge in [-0.25, -0.2) is 21.2 Å². The third-order valence-corrected chi connectivity index (χ3v) is 8.70. The summed E-state index contributed by atoms with van der Waals surface area (Å²) in [6.45, 7) is 1.98. The first-order chi connectivity index (χ1) is 15.6. The highest BCUT2D eigenvalue weighted by Crippen LogP contribution is 2.35. The summed E-state index contributed by atoms with van der Waals surface area (Å²) < 4.78 is 74.6. The van der Waals surface area contributed by atoms with Gasteiger partial charge in [-0.1, -0.05) is 6.07 Å². The van der Waals surface area contributed by atoms with Gasteiger partial charge in [0.2, 0.25) is 0 Å². The minimum atomic E-state index is -3.94. The van der Waals surface area contributed by atoms with Gasteiger partial charge in [-0.2, -0.15) is 0 Å². The van der Waals surface area contributed by atoms with Gasteiger partial charge in [0.1, 0.15) is 11.6 Å². The number of benzene rings is 3. The van der Waals surface area contributed by atoms with Crippen molar-refractivity contribution in [3.05, 3.63) is 77.6 Å². The van der Waals surface area contributed by atoms with Gasteiger partial charge >= 0.3 is 0 Å². The molecule has 0 spiro atoms. The van der Waals surface area contributed by atoms with Crippen LogP contribution in [0.4, 0.5) is 15.8 Å². The maximum atomic E-state index is 13.3. The Kier molecular flexibility index (Phi) is 6.06. The smallest absolute Gasteiger partial charge is 0.264 e. The average molecular weight is 491 g/mol. The molecule has 0 radical (unpaired) electrons. The third kappa shape index (κ3) is 4.53. The fourth-order valence-corrected chi connectivity index (χ4v) is 6.49. The summed E-state index contributed by atoms with van der Waals surface area (Å²) in [6.07, 6.45) is 1.28. The Morgan fingerprint density at radius 3 is 2.30 bits per heavy atom. The number of ether oxygens (including phenoxy) is 1. The summed E-state index contributed by atoms with van der Waals surface area (Å²) in [4.78, 5) is 0.0331. The van der Waals surface area contributed by atoms with E-state index in [9.17, 15) is 21.2 Å². The molecule has 10 heteroatoms. The minimum absolute atomic E-state index is 0.0311. The van der Waals surface area contributed by atoms with Crippen LogP contribution in [-0.4, -0.2) is 30.5 Å². The predicted octanol–water partition coefficient (Wildman–Crippen LogP) is 4.09. The lowest BCUT2D eigenvalue weighted by atomic mass is 10.0.